The zero-order valence-corrected chi connectivity index (χ0v) is 14.1. The third kappa shape index (κ3) is 12.2. The van der Waals surface area contributed by atoms with Crippen molar-refractivity contribution in [1.29, 1.82) is 0 Å². The summed E-state index contributed by atoms with van der Waals surface area (Å²) in [5.74, 6) is 0.768. The lowest BCUT2D eigenvalue weighted by Gasteiger charge is -2.15. The van der Waals surface area contributed by atoms with Crippen LogP contribution in [0.15, 0.2) is 4.99 Å². The molecule has 0 aliphatic rings. The summed E-state index contributed by atoms with van der Waals surface area (Å²) in [6.07, 6.45) is 2.22. The first kappa shape index (κ1) is 19.3. The van der Waals surface area contributed by atoms with Crippen LogP contribution in [0, 0.1) is 0 Å². The number of nitrogens with one attached hydrogen (secondary N) is 2. The van der Waals surface area contributed by atoms with E-state index in [1.807, 2.05) is 6.92 Å². The Morgan fingerprint density at radius 3 is 2.35 bits per heavy atom. The van der Waals surface area contributed by atoms with E-state index in [1.165, 1.54) is 6.26 Å². The van der Waals surface area contributed by atoms with E-state index >= 15 is 0 Å². The van der Waals surface area contributed by atoms with E-state index in [1.54, 1.807) is 0 Å². The van der Waals surface area contributed by atoms with Crippen LogP contribution in [0.4, 0.5) is 0 Å². The molecule has 0 amide bonds. The van der Waals surface area contributed by atoms with Gasteiger partial charge in [-0.2, -0.15) is 0 Å². The molecule has 104 valence electrons. The van der Waals surface area contributed by atoms with Crippen molar-refractivity contribution >= 4 is 39.8 Å². The van der Waals surface area contributed by atoms with Gasteiger partial charge in [-0.05, 0) is 20.3 Å². The topological polar surface area (TPSA) is 70.6 Å². The van der Waals surface area contributed by atoms with Crippen molar-refractivity contribution < 1.29 is 8.42 Å². The maximum Gasteiger partial charge on any atom is 0.191 e. The number of aliphatic imine (C=N–C) groups is 1. The van der Waals surface area contributed by atoms with Gasteiger partial charge < -0.3 is 10.6 Å². The molecule has 7 heteroatoms. The predicted octanol–water partition coefficient (Wildman–Crippen LogP) is 1.00. The van der Waals surface area contributed by atoms with Gasteiger partial charge in [0.1, 0.15) is 9.84 Å². The van der Waals surface area contributed by atoms with E-state index in [0.29, 0.717) is 18.5 Å². The summed E-state index contributed by atoms with van der Waals surface area (Å²) in [6.45, 7) is 7.18. The molecule has 0 aliphatic carbocycles. The Labute approximate surface area is 122 Å². The normalized spacial score (nSPS) is 13.8. The quantitative estimate of drug-likeness (QED) is 0.412. The molecule has 17 heavy (non-hydrogen) atoms. The van der Waals surface area contributed by atoms with Gasteiger partial charge in [-0.25, -0.2) is 8.42 Å². The summed E-state index contributed by atoms with van der Waals surface area (Å²) in [5.41, 5.74) is 0. The summed E-state index contributed by atoms with van der Waals surface area (Å²) < 4.78 is 21.9. The molecule has 0 bridgehead atoms. The number of hydrogen-bond acceptors (Lipinski definition) is 3. The van der Waals surface area contributed by atoms with Crippen LogP contribution in [0.5, 0.6) is 0 Å². The van der Waals surface area contributed by atoms with Crippen LogP contribution in [0.2, 0.25) is 0 Å². The van der Waals surface area contributed by atoms with Gasteiger partial charge in [0.25, 0.3) is 0 Å². The Morgan fingerprint density at radius 2 is 1.94 bits per heavy atom. The van der Waals surface area contributed by atoms with Gasteiger partial charge >= 0.3 is 0 Å². The lowest BCUT2D eigenvalue weighted by molar-refractivity contribution is 0.601. The molecule has 0 saturated carbocycles. The maximum absolute atomic E-state index is 10.9. The average molecular weight is 377 g/mol. The van der Waals surface area contributed by atoms with E-state index in [9.17, 15) is 8.42 Å². The second kappa shape index (κ2) is 9.93. The Kier molecular flexibility index (Phi) is 11.3. The van der Waals surface area contributed by atoms with E-state index in [2.05, 4.69) is 29.5 Å². The van der Waals surface area contributed by atoms with Gasteiger partial charge in [-0.3, -0.25) is 4.99 Å². The number of rotatable bonds is 6. The minimum atomic E-state index is -2.93. The highest BCUT2D eigenvalue weighted by atomic mass is 127. The van der Waals surface area contributed by atoms with Gasteiger partial charge in [0, 0.05) is 18.8 Å². The van der Waals surface area contributed by atoms with Crippen LogP contribution < -0.4 is 10.6 Å². The summed E-state index contributed by atoms with van der Waals surface area (Å²) in [4.78, 5) is 4.20. The van der Waals surface area contributed by atoms with Crippen molar-refractivity contribution in [3.8, 4) is 0 Å². The summed E-state index contributed by atoms with van der Waals surface area (Å²) in [6, 6.07) is 0.330. The molecule has 0 aliphatic heterocycles. The first-order valence-electron chi connectivity index (χ1n) is 5.61. The second-order valence-electron chi connectivity index (χ2n) is 3.84. The molecule has 0 aromatic rings. The summed E-state index contributed by atoms with van der Waals surface area (Å²) in [7, 11) is -2.93. The fourth-order valence-corrected chi connectivity index (χ4v) is 1.40. The van der Waals surface area contributed by atoms with Crippen LogP contribution >= 0.6 is 24.0 Å². The van der Waals surface area contributed by atoms with E-state index in [-0.39, 0.29) is 29.7 Å². The number of hydrogen-bond donors (Lipinski definition) is 2. The predicted molar refractivity (Wildman–Crippen MR) is 84.0 cm³/mol. The Balaban J connectivity index is 0. The Bertz CT molecular complexity index is 318. The standard InChI is InChI=1S/C10H23N3O2S.HI/c1-5-9(3)13-10(11-6-2)12-7-8-16(4,14)15;/h9H,5-8H2,1-4H3,(H2,11,12,13);1H. The molecule has 1 unspecified atom stereocenters. The molecule has 0 fully saturated rings. The molecule has 5 nitrogen and oxygen atoms in total. The smallest absolute Gasteiger partial charge is 0.191 e. The van der Waals surface area contributed by atoms with Gasteiger partial charge in [-0.15, -0.1) is 24.0 Å². The highest BCUT2D eigenvalue weighted by Crippen LogP contribution is 1.88. The highest BCUT2D eigenvalue weighted by molar-refractivity contribution is 14.0. The molecule has 2 N–H and O–H groups in total. The highest BCUT2D eigenvalue weighted by Gasteiger charge is 2.04. The van der Waals surface area contributed by atoms with Gasteiger partial charge in [0.15, 0.2) is 5.96 Å². The third-order valence-corrected chi connectivity index (χ3v) is 3.00. The molecule has 0 saturated heterocycles. The number of halogens is 1. The summed E-state index contributed by atoms with van der Waals surface area (Å²) >= 11 is 0. The SMILES string of the molecule is CCNC(=NCCS(C)(=O)=O)NC(C)CC.I. The zero-order chi connectivity index (χ0) is 12.6. The largest absolute Gasteiger partial charge is 0.357 e. The molecule has 0 radical (unpaired) electrons. The van der Waals surface area contributed by atoms with Crippen LogP contribution in [0.25, 0.3) is 0 Å². The van der Waals surface area contributed by atoms with Crippen molar-refractivity contribution in [1.82, 2.24) is 10.6 Å². The van der Waals surface area contributed by atoms with E-state index in [0.717, 1.165) is 13.0 Å². The number of sulfone groups is 1. The molecule has 0 rings (SSSR count). The van der Waals surface area contributed by atoms with Crippen molar-refractivity contribution in [2.24, 2.45) is 4.99 Å². The minimum Gasteiger partial charge on any atom is -0.357 e. The fourth-order valence-electron chi connectivity index (χ4n) is 0.979. The number of nitrogens with zero attached hydrogens (tertiary/aromatic N) is 1. The zero-order valence-electron chi connectivity index (χ0n) is 11.0. The molecular formula is C10H24IN3O2S. The maximum atomic E-state index is 10.9. The molecule has 0 aromatic carbocycles. The third-order valence-electron chi connectivity index (χ3n) is 2.07. The molecule has 1 atom stereocenters. The van der Waals surface area contributed by atoms with Crippen LogP contribution in [0.1, 0.15) is 27.2 Å². The number of guanidine groups is 1. The first-order valence-corrected chi connectivity index (χ1v) is 7.67. The lowest BCUT2D eigenvalue weighted by Crippen LogP contribution is -2.42. The van der Waals surface area contributed by atoms with Gasteiger partial charge in [0.2, 0.25) is 0 Å². The summed E-state index contributed by atoms with van der Waals surface area (Å²) in [5, 5.41) is 6.28. The van der Waals surface area contributed by atoms with Crippen LogP contribution in [-0.2, 0) is 9.84 Å². The Hall–Kier alpha value is -0.0500. The van der Waals surface area contributed by atoms with Crippen molar-refractivity contribution in [3.05, 3.63) is 0 Å². The van der Waals surface area contributed by atoms with E-state index < -0.39 is 9.84 Å². The molecule has 0 heterocycles. The van der Waals surface area contributed by atoms with Crippen molar-refractivity contribution in [2.45, 2.75) is 33.2 Å². The fraction of sp³-hybridized carbons (Fsp3) is 0.900. The van der Waals surface area contributed by atoms with Crippen molar-refractivity contribution in [3.63, 3.8) is 0 Å². The first-order chi connectivity index (χ1) is 7.39. The second-order valence-corrected chi connectivity index (χ2v) is 6.10. The van der Waals surface area contributed by atoms with E-state index in [4.69, 9.17) is 0 Å². The van der Waals surface area contributed by atoms with Crippen LogP contribution in [0.3, 0.4) is 0 Å². The van der Waals surface area contributed by atoms with Crippen molar-refractivity contribution in [2.75, 3.05) is 25.1 Å². The van der Waals surface area contributed by atoms with Gasteiger partial charge in [0.05, 0.1) is 12.3 Å². The minimum absolute atomic E-state index is 0. The molecular weight excluding hydrogens is 353 g/mol. The molecule has 0 spiro atoms. The monoisotopic (exact) mass is 377 g/mol. The molecule has 0 aromatic heterocycles. The lowest BCUT2D eigenvalue weighted by atomic mass is 10.3. The Morgan fingerprint density at radius 1 is 1.35 bits per heavy atom. The van der Waals surface area contributed by atoms with Gasteiger partial charge in [-0.1, -0.05) is 6.92 Å². The average Bonchev–Trinajstić information content (AvgIpc) is 2.15. The van der Waals surface area contributed by atoms with Crippen LogP contribution in [-0.4, -0.2) is 45.5 Å².